The molecule has 1 nitrogen and oxygen atoms in total. The summed E-state index contributed by atoms with van der Waals surface area (Å²) < 4.78 is 0. The zero-order chi connectivity index (χ0) is 10.8. The minimum atomic E-state index is 0.508. The van der Waals surface area contributed by atoms with Crippen LogP contribution in [0.4, 0.5) is 0 Å². The van der Waals surface area contributed by atoms with Crippen LogP contribution in [0.2, 0.25) is 5.02 Å². The van der Waals surface area contributed by atoms with Crippen LogP contribution in [0.15, 0.2) is 18.2 Å². The minimum absolute atomic E-state index is 0.508. The summed E-state index contributed by atoms with van der Waals surface area (Å²) in [5, 5.41) is 4.51. The van der Waals surface area contributed by atoms with Crippen LogP contribution in [0, 0.1) is 0 Å². The van der Waals surface area contributed by atoms with Crippen LogP contribution in [0.1, 0.15) is 43.9 Å². The molecule has 2 heteroatoms. The standard InChI is InChI=1S/C13H18ClN/c1-3-9(2)15-13-7-5-10-4-6-11(14)8-12(10)13/h4,6,8-9,13,15H,3,5,7H2,1-2H3. The maximum absolute atomic E-state index is 6.03. The van der Waals surface area contributed by atoms with Gasteiger partial charge in [-0.15, -0.1) is 0 Å². The molecule has 2 unspecified atom stereocenters. The van der Waals surface area contributed by atoms with E-state index in [1.807, 2.05) is 6.07 Å². The lowest BCUT2D eigenvalue weighted by molar-refractivity contribution is 0.445. The Morgan fingerprint density at radius 3 is 3.07 bits per heavy atom. The highest BCUT2D eigenvalue weighted by Crippen LogP contribution is 2.33. The highest BCUT2D eigenvalue weighted by molar-refractivity contribution is 6.30. The van der Waals surface area contributed by atoms with E-state index >= 15 is 0 Å². The van der Waals surface area contributed by atoms with E-state index in [2.05, 4.69) is 31.3 Å². The van der Waals surface area contributed by atoms with Crippen molar-refractivity contribution in [2.24, 2.45) is 0 Å². The molecule has 1 N–H and O–H groups in total. The summed E-state index contributed by atoms with van der Waals surface area (Å²) in [6.45, 7) is 4.45. The van der Waals surface area contributed by atoms with Crippen LogP contribution < -0.4 is 5.32 Å². The molecule has 1 aromatic carbocycles. The Morgan fingerprint density at radius 1 is 1.53 bits per heavy atom. The van der Waals surface area contributed by atoms with Gasteiger partial charge < -0.3 is 5.32 Å². The van der Waals surface area contributed by atoms with Crippen molar-refractivity contribution in [3.8, 4) is 0 Å². The number of halogens is 1. The lowest BCUT2D eigenvalue weighted by atomic mass is 10.1. The van der Waals surface area contributed by atoms with E-state index in [0.717, 1.165) is 5.02 Å². The molecule has 0 aromatic heterocycles. The average Bonchev–Trinajstić information content (AvgIpc) is 2.61. The third kappa shape index (κ3) is 2.35. The highest BCUT2D eigenvalue weighted by atomic mass is 35.5. The summed E-state index contributed by atoms with van der Waals surface area (Å²) >= 11 is 6.03. The monoisotopic (exact) mass is 223 g/mol. The first-order valence-corrected chi connectivity index (χ1v) is 6.13. The molecule has 82 valence electrons. The van der Waals surface area contributed by atoms with Gasteiger partial charge in [-0.2, -0.15) is 0 Å². The zero-order valence-electron chi connectivity index (χ0n) is 9.39. The topological polar surface area (TPSA) is 12.0 Å². The maximum Gasteiger partial charge on any atom is 0.0409 e. The van der Waals surface area contributed by atoms with E-state index in [1.165, 1.54) is 30.4 Å². The molecular formula is C13H18ClN. The molecule has 0 heterocycles. The van der Waals surface area contributed by atoms with Crippen molar-refractivity contribution in [1.82, 2.24) is 5.32 Å². The fraction of sp³-hybridized carbons (Fsp3) is 0.538. The van der Waals surface area contributed by atoms with Crippen molar-refractivity contribution in [1.29, 1.82) is 0 Å². The first-order valence-electron chi connectivity index (χ1n) is 5.75. The third-order valence-electron chi connectivity index (χ3n) is 3.28. The first kappa shape index (κ1) is 11.0. The largest absolute Gasteiger partial charge is 0.307 e. The average molecular weight is 224 g/mol. The molecule has 2 rings (SSSR count). The summed E-state index contributed by atoms with van der Waals surface area (Å²) in [6, 6.07) is 7.36. The van der Waals surface area contributed by atoms with E-state index in [0.29, 0.717) is 12.1 Å². The number of hydrogen-bond donors (Lipinski definition) is 1. The molecule has 1 aromatic rings. The SMILES string of the molecule is CCC(C)NC1CCc2ccc(Cl)cc21. The van der Waals surface area contributed by atoms with Gasteiger partial charge in [0.2, 0.25) is 0 Å². The summed E-state index contributed by atoms with van der Waals surface area (Å²) in [5.74, 6) is 0. The molecule has 0 saturated carbocycles. The van der Waals surface area contributed by atoms with Crippen molar-refractivity contribution < 1.29 is 0 Å². The molecule has 0 fully saturated rings. The van der Waals surface area contributed by atoms with Crippen molar-refractivity contribution in [3.05, 3.63) is 34.3 Å². The second-order valence-corrected chi connectivity index (χ2v) is 4.85. The predicted molar refractivity (Wildman–Crippen MR) is 65.4 cm³/mol. The zero-order valence-corrected chi connectivity index (χ0v) is 10.1. The van der Waals surface area contributed by atoms with Crippen molar-refractivity contribution in [2.45, 2.75) is 45.2 Å². The summed E-state index contributed by atoms with van der Waals surface area (Å²) in [7, 11) is 0. The number of hydrogen-bond acceptors (Lipinski definition) is 1. The summed E-state index contributed by atoms with van der Waals surface area (Å²) in [4.78, 5) is 0. The van der Waals surface area contributed by atoms with Crippen LogP contribution in [-0.2, 0) is 6.42 Å². The second-order valence-electron chi connectivity index (χ2n) is 4.41. The number of rotatable bonds is 3. The minimum Gasteiger partial charge on any atom is -0.307 e. The predicted octanol–water partition coefficient (Wildman–Crippen LogP) is 3.72. The second kappa shape index (κ2) is 4.54. The van der Waals surface area contributed by atoms with E-state index in [-0.39, 0.29) is 0 Å². The molecule has 0 spiro atoms. The number of fused-ring (bicyclic) bond motifs is 1. The van der Waals surface area contributed by atoms with Crippen LogP contribution in [-0.4, -0.2) is 6.04 Å². The van der Waals surface area contributed by atoms with Gasteiger partial charge in [-0.1, -0.05) is 24.6 Å². The van der Waals surface area contributed by atoms with E-state index in [1.54, 1.807) is 0 Å². The Labute approximate surface area is 96.8 Å². The van der Waals surface area contributed by atoms with Gasteiger partial charge in [0.05, 0.1) is 0 Å². The van der Waals surface area contributed by atoms with Gasteiger partial charge in [-0.3, -0.25) is 0 Å². The van der Waals surface area contributed by atoms with Gasteiger partial charge in [0.15, 0.2) is 0 Å². The molecule has 0 radical (unpaired) electrons. The molecule has 0 aliphatic heterocycles. The van der Waals surface area contributed by atoms with Gasteiger partial charge in [-0.25, -0.2) is 0 Å². The third-order valence-corrected chi connectivity index (χ3v) is 3.52. The molecule has 1 aliphatic carbocycles. The highest BCUT2D eigenvalue weighted by Gasteiger charge is 2.23. The fourth-order valence-electron chi connectivity index (χ4n) is 2.21. The molecule has 0 saturated heterocycles. The number of benzene rings is 1. The Morgan fingerprint density at radius 2 is 2.33 bits per heavy atom. The smallest absolute Gasteiger partial charge is 0.0409 e. The van der Waals surface area contributed by atoms with Crippen molar-refractivity contribution in [3.63, 3.8) is 0 Å². The van der Waals surface area contributed by atoms with Crippen LogP contribution in [0.25, 0.3) is 0 Å². The molecule has 1 aliphatic rings. The molecular weight excluding hydrogens is 206 g/mol. The van der Waals surface area contributed by atoms with Crippen molar-refractivity contribution in [2.75, 3.05) is 0 Å². The number of nitrogens with one attached hydrogen (secondary N) is 1. The molecule has 0 bridgehead atoms. The van der Waals surface area contributed by atoms with E-state index < -0.39 is 0 Å². The van der Waals surface area contributed by atoms with Gasteiger partial charge in [0, 0.05) is 17.1 Å². The Balaban J connectivity index is 2.16. The summed E-state index contributed by atoms with van der Waals surface area (Å²) in [6.07, 6.45) is 3.56. The van der Waals surface area contributed by atoms with E-state index in [4.69, 9.17) is 11.6 Å². The number of aryl methyl sites for hydroxylation is 1. The molecule has 2 atom stereocenters. The van der Waals surface area contributed by atoms with Gasteiger partial charge in [0.25, 0.3) is 0 Å². The van der Waals surface area contributed by atoms with Crippen LogP contribution in [0.5, 0.6) is 0 Å². The quantitative estimate of drug-likeness (QED) is 0.824. The molecule has 15 heavy (non-hydrogen) atoms. The van der Waals surface area contributed by atoms with Gasteiger partial charge in [0.1, 0.15) is 0 Å². The van der Waals surface area contributed by atoms with Gasteiger partial charge in [-0.05, 0) is 49.4 Å². The fourth-order valence-corrected chi connectivity index (χ4v) is 2.39. The van der Waals surface area contributed by atoms with E-state index in [9.17, 15) is 0 Å². The maximum atomic E-state index is 6.03. The van der Waals surface area contributed by atoms with Crippen molar-refractivity contribution >= 4 is 11.6 Å². The summed E-state index contributed by atoms with van der Waals surface area (Å²) in [5.41, 5.74) is 2.86. The van der Waals surface area contributed by atoms with Crippen LogP contribution in [0.3, 0.4) is 0 Å². The Kier molecular flexibility index (Phi) is 3.32. The lowest BCUT2D eigenvalue weighted by Gasteiger charge is -2.19. The normalized spacial score (nSPS) is 21.4. The Hall–Kier alpha value is -0.530. The first-order chi connectivity index (χ1) is 7.20. The Bertz CT molecular complexity index is 348. The van der Waals surface area contributed by atoms with Gasteiger partial charge >= 0.3 is 0 Å². The lowest BCUT2D eigenvalue weighted by Crippen LogP contribution is -2.28. The molecule has 0 amide bonds. The van der Waals surface area contributed by atoms with Crippen LogP contribution >= 0.6 is 11.6 Å².